The molecule has 18 heavy (non-hydrogen) atoms. The maximum Gasteiger partial charge on any atom is 0.303 e. The Morgan fingerprint density at radius 2 is 2.22 bits per heavy atom. The van der Waals surface area contributed by atoms with E-state index in [0.717, 1.165) is 13.1 Å². The molecule has 0 bridgehead atoms. The number of carboxylic acid groups (broad SMARTS) is 1. The molecule has 100 valence electrons. The van der Waals surface area contributed by atoms with Crippen molar-refractivity contribution in [2.45, 2.75) is 46.2 Å². The lowest BCUT2D eigenvalue weighted by atomic mass is 10.1. The Morgan fingerprint density at radius 1 is 1.50 bits per heavy atom. The second kappa shape index (κ2) is 7.11. The van der Waals surface area contributed by atoms with E-state index in [-0.39, 0.29) is 6.42 Å². The number of aliphatic carboxylic acids is 1. The molecule has 0 atom stereocenters. The van der Waals surface area contributed by atoms with Crippen LogP contribution in [0.3, 0.4) is 0 Å². The summed E-state index contributed by atoms with van der Waals surface area (Å²) in [6.07, 6.45) is 4.60. The molecule has 4 nitrogen and oxygen atoms in total. The van der Waals surface area contributed by atoms with Crippen LogP contribution in [-0.2, 0) is 11.3 Å². The van der Waals surface area contributed by atoms with Gasteiger partial charge in [0.1, 0.15) is 0 Å². The van der Waals surface area contributed by atoms with Crippen LogP contribution in [0.25, 0.3) is 0 Å². The zero-order valence-electron chi connectivity index (χ0n) is 11.4. The average molecular weight is 250 g/mol. The van der Waals surface area contributed by atoms with Crippen molar-refractivity contribution in [3.05, 3.63) is 29.6 Å². The van der Waals surface area contributed by atoms with Crippen LogP contribution in [0.4, 0.5) is 0 Å². The number of hydrogen-bond acceptors (Lipinski definition) is 3. The highest BCUT2D eigenvalue weighted by molar-refractivity contribution is 5.66. The lowest BCUT2D eigenvalue weighted by Gasteiger charge is -2.26. The highest BCUT2D eigenvalue weighted by Gasteiger charge is 2.12. The Bertz CT molecular complexity index is 391. The van der Waals surface area contributed by atoms with Gasteiger partial charge in [0.2, 0.25) is 0 Å². The van der Waals surface area contributed by atoms with Crippen LogP contribution in [0.5, 0.6) is 0 Å². The molecule has 1 heterocycles. The molecule has 0 aromatic carbocycles. The summed E-state index contributed by atoms with van der Waals surface area (Å²) in [4.78, 5) is 17.0. The number of aryl methyl sites for hydroxylation is 1. The van der Waals surface area contributed by atoms with E-state index < -0.39 is 5.97 Å². The van der Waals surface area contributed by atoms with Gasteiger partial charge in [0.25, 0.3) is 0 Å². The molecule has 4 heteroatoms. The number of hydrogen-bond donors (Lipinski definition) is 1. The van der Waals surface area contributed by atoms with Crippen LogP contribution in [0.15, 0.2) is 18.5 Å². The number of carboxylic acids is 1. The van der Waals surface area contributed by atoms with Gasteiger partial charge in [-0.1, -0.05) is 0 Å². The molecule has 1 aromatic heterocycles. The molecule has 0 saturated carbocycles. The van der Waals surface area contributed by atoms with E-state index in [1.54, 1.807) is 6.20 Å². The highest BCUT2D eigenvalue weighted by Crippen LogP contribution is 2.12. The topological polar surface area (TPSA) is 53.4 Å². The number of rotatable bonds is 7. The van der Waals surface area contributed by atoms with E-state index in [9.17, 15) is 4.79 Å². The van der Waals surface area contributed by atoms with Crippen molar-refractivity contribution in [1.82, 2.24) is 9.88 Å². The summed E-state index contributed by atoms with van der Waals surface area (Å²) in [5.74, 6) is -0.726. The SMILES string of the molecule is Cc1ccncc1CN(CCCC(=O)O)C(C)C. The van der Waals surface area contributed by atoms with Crippen molar-refractivity contribution in [2.24, 2.45) is 0 Å². The fourth-order valence-corrected chi connectivity index (χ4v) is 1.83. The predicted octanol–water partition coefficient (Wildman–Crippen LogP) is 2.47. The third-order valence-corrected chi connectivity index (χ3v) is 3.09. The van der Waals surface area contributed by atoms with E-state index in [4.69, 9.17) is 5.11 Å². The van der Waals surface area contributed by atoms with Crippen molar-refractivity contribution in [3.63, 3.8) is 0 Å². The summed E-state index contributed by atoms with van der Waals surface area (Å²) in [5.41, 5.74) is 2.44. The summed E-state index contributed by atoms with van der Waals surface area (Å²) in [5, 5.41) is 8.67. The van der Waals surface area contributed by atoms with Gasteiger partial charge in [-0.3, -0.25) is 14.7 Å². The van der Waals surface area contributed by atoms with Gasteiger partial charge in [0.15, 0.2) is 0 Å². The van der Waals surface area contributed by atoms with Crippen molar-refractivity contribution in [1.29, 1.82) is 0 Å². The number of aromatic nitrogens is 1. The largest absolute Gasteiger partial charge is 0.481 e. The first-order valence-electron chi connectivity index (χ1n) is 6.36. The summed E-state index contributed by atoms with van der Waals surface area (Å²) >= 11 is 0. The molecule has 0 spiro atoms. The van der Waals surface area contributed by atoms with Gasteiger partial charge in [-0.25, -0.2) is 0 Å². The minimum atomic E-state index is -0.726. The van der Waals surface area contributed by atoms with Crippen molar-refractivity contribution >= 4 is 5.97 Å². The first-order valence-corrected chi connectivity index (χ1v) is 6.36. The third-order valence-electron chi connectivity index (χ3n) is 3.09. The summed E-state index contributed by atoms with van der Waals surface area (Å²) in [7, 11) is 0. The van der Waals surface area contributed by atoms with Gasteiger partial charge in [-0.2, -0.15) is 0 Å². The summed E-state index contributed by atoms with van der Waals surface area (Å²) in [6, 6.07) is 2.41. The van der Waals surface area contributed by atoms with Gasteiger partial charge in [-0.15, -0.1) is 0 Å². The Labute approximate surface area is 109 Å². The van der Waals surface area contributed by atoms with Crippen LogP contribution < -0.4 is 0 Å². The van der Waals surface area contributed by atoms with E-state index in [0.29, 0.717) is 12.5 Å². The molecule has 1 rings (SSSR count). The van der Waals surface area contributed by atoms with Gasteiger partial charge in [0.05, 0.1) is 0 Å². The second-order valence-corrected chi connectivity index (χ2v) is 4.86. The standard InChI is InChI=1S/C14H22N2O2/c1-11(2)16(8-4-5-14(17)18)10-13-9-15-7-6-12(13)3/h6-7,9,11H,4-5,8,10H2,1-3H3,(H,17,18). The smallest absolute Gasteiger partial charge is 0.303 e. The molecule has 0 aliphatic rings. The molecule has 0 amide bonds. The molecule has 0 aliphatic heterocycles. The second-order valence-electron chi connectivity index (χ2n) is 4.86. The van der Waals surface area contributed by atoms with Crippen LogP contribution in [0.1, 0.15) is 37.8 Å². The third kappa shape index (κ3) is 4.84. The Balaban J connectivity index is 2.58. The number of carbonyl (C=O) groups is 1. The molecule has 0 aliphatic carbocycles. The molecule has 0 fully saturated rings. The Hall–Kier alpha value is -1.42. The van der Waals surface area contributed by atoms with E-state index in [2.05, 4.69) is 30.7 Å². The van der Waals surface area contributed by atoms with Crippen molar-refractivity contribution in [2.75, 3.05) is 6.54 Å². The van der Waals surface area contributed by atoms with Crippen molar-refractivity contribution in [3.8, 4) is 0 Å². The highest BCUT2D eigenvalue weighted by atomic mass is 16.4. The fourth-order valence-electron chi connectivity index (χ4n) is 1.83. The first kappa shape index (κ1) is 14.6. The number of pyridine rings is 1. The average Bonchev–Trinajstić information content (AvgIpc) is 2.29. The number of nitrogens with zero attached hydrogens (tertiary/aromatic N) is 2. The molecule has 0 saturated heterocycles. The quantitative estimate of drug-likeness (QED) is 0.807. The van der Waals surface area contributed by atoms with Crippen LogP contribution in [-0.4, -0.2) is 33.5 Å². The molecular formula is C14H22N2O2. The van der Waals surface area contributed by atoms with Gasteiger partial charge < -0.3 is 5.11 Å². The van der Waals surface area contributed by atoms with Gasteiger partial charge in [-0.05, 0) is 50.9 Å². The van der Waals surface area contributed by atoms with E-state index in [1.165, 1.54) is 11.1 Å². The Kier molecular flexibility index (Phi) is 5.78. The van der Waals surface area contributed by atoms with Crippen LogP contribution >= 0.6 is 0 Å². The minimum absolute atomic E-state index is 0.231. The zero-order valence-corrected chi connectivity index (χ0v) is 11.4. The molecule has 0 unspecified atom stereocenters. The Morgan fingerprint density at radius 3 is 2.78 bits per heavy atom. The first-order chi connectivity index (χ1) is 8.50. The molecule has 1 N–H and O–H groups in total. The monoisotopic (exact) mass is 250 g/mol. The van der Waals surface area contributed by atoms with Gasteiger partial charge in [0, 0.05) is 31.4 Å². The summed E-state index contributed by atoms with van der Waals surface area (Å²) < 4.78 is 0. The molecule has 1 aromatic rings. The lowest BCUT2D eigenvalue weighted by Crippen LogP contribution is -2.31. The zero-order chi connectivity index (χ0) is 13.5. The lowest BCUT2D eigenvalue weighted by molar-refractivity contribution is -0.137. The van der Waals surface area contributed by atoms with E-state index in [1.807, 2.05) is 12.3 Å². The van der Waals surface area contributed by atoms with Gasteiger partial charge >= 0.3 is 5.97 Å². The van der Waals surface area contributed by atoms with Crippen LogP contribution in [0.2, 0.25) is 0 Å². The van der Waals surface area contributed by atoms with Crippen molar-refractivity contribution < 1.29 is 9.90 Å². The summed E-state index contributed by atoms with van der Waals surface area (Å²) in [6.45, 7) is 7.97. The maximum atomic E-state index is 10.5. The fraction of sp³-hybridized carbons (Fsp3) is 0.571. The maximum absolute atomic E-state index is 10.5. The van der Waals surface area contributed by atoms with E-state index >= 15 is 0 Å². The normalized spacial score (nSPS) is 11.2. The van der Waals surface area contributed by atoms with Crippen LogP contribution in [0, 0.1) is 6.92 Å². The predicted molar refractivity (Wildman–Crippen MR) is 71.4 cm³/mol. The minimum Gasteiger partial charge on any atom is -0.481 e. The molecular weight excluding hydrogens is 228 g/mol. The molecule has 0 radical (unpaired) electrons.